The van der Waals surface area contributed by atoms with Gasteiger partial charge in [0.2, 0.25) is 24.5 Å². The molecule has 3 aromatic carbocycles. The van der Waals surface area contributed by atoms with Crippen LogP contribution in [-0.2, 0) is 32.8 Å². The Labute approximate surface area is 223 Å². The third kappa shape index (κ3) is 3.21. The fourth-order valence-electron chi connectivity index (χ4n) is 6.47. The first-order valence-electron chi connectivity index (χ1n) is 12.8. The number of nitrogens with zero attached hydrogens (tertiary/aromatic N) is 1. The van der Waals surface area contributed by atoms with Crippen molar-refractivity contribution in [3.05, 3.63) is 71.3 Å². The van der Waals surface area contributed by atoms with Crippen LogP contribution in [0.15, 0.2) is 54.6 Å². The number of anilines is 2. The summed E-state index contributed by atoms with van der Waals surface area (Å²) in [5.41, 5.74) is 1.79. The van der Waals surface area contributed by atoms with Crippen LogP contribution in [-0.4, -0.2) is 40.8 Å². The highest BCUT2D eigenvalue weighted by Gasteiger charge is 2.70. The van der Waals surface area contributed by atoms with E-state index in [2.05, 4.69) is 10.6 Å². The van der Waals surface area contributed by atoms with Crippen LogP contribution in [0.2, 0.25) is 0 Å². The molecule has 3 aromatic rings. The summed E-state index contributed by atoms with van der Waals surface area (Å²) in [4.78, 5) is 43.2. The first-order chi connectivity index (χ1) is 18.8. The molecule has 0 unspecified atom stereocenters. The minimum absolute atomic E-state index is 0.0528. The number of ether oxygens (including phenoxy) is 2. The van der Waals surface area contributed by atoms with Crippen LogP contribution in [0.3, 0.4) is 0 Å². The van der Waals surface area contributed by atoms with E-state index in [0.717, 1.165) is 16.9 Å². The molecule has 1 spiro atoms. The quantitative estimate of drug-likeness (QED) is 0.300. The highest BCUT2D eigenvalue weighted by molar-refractivity contribution is 6.26. The number of amides is 3. The Morgan fingerprint density at radius 2 is 1.72 bits per heavy atom. The van der Waals surface area contributed by atoms with Crippen LogP contribution in [0.5, 0.6) is 23.0 Å². The number of aromatic hydroxyl groups is 2. The summed E-state index contributed by atoms with van der Waals surface area (Å²) in [7, 11) is 0. The monoisotopic (exact) mass is 527 g/mol. The molecule has 39 heavy (non-hydrogen) atoms. The molecule has 4 aliphatic rings. The average molecular weight is 528 g/mol. The van der Waals surface area contributed by atoms with Crippen molar-refractivity contribution in [1.82, 2.24) is 5.32 Å². The molecule has 7 rings (SSSR count). The van der Waals surface area contributed by atoms with Crippen LogP contribution in [0, 0.1) is 11.8 Å². The zero-order chi connectivity index (χ0) is 27.1. The standard InChI is InChI=1S/C29H25N3O7/c1-2-14-3-6-18-17(9-14)29(28(37)30-18)25-24(19(31-29)10-15-4-7-20(33)21(34)11-15)26(35)32(27(25)36)16-5-8-22-23(12-16)39-13-38-22/h3-9,11-12,19,24-25,31,33-34H,2,10,13H2,1H3,(H,30,37)/t19-,24-,25+,29+/m1/s1. The van der Waals surface area contributed by atoms with Gasteiger partial charge >= 0.3 is 0 Å². The van der Waals surface area contributed by atoms with Gasteiger partial charge in [-0.05, 0) is 54.3 Å². The Bertz CT molecular complexity index is 1590. The minimum atomic E-state index is -1.45. The van der Waals surface area contributed by atoms with Crippen molar-refractivity contribution in [2.75, 3.05) is 17.0 Å². The minimum Gasteiger partial charge on any atom is -0.504 e. The molecular formula is C29H25N3O7. The largest absolute Gasteiger partial charge is 0.504 e. The summed E-state index contributed by atoms with van der Waals surface area (Å²) in [6, 6.07) is 14.4. The van der Waals surface area contributed by atoms with Crippen molar-refractivity contribution in [1.29, 1.82) is 0 Å². The molecule has 10 nitrogen and oxygen atoms in total. The van der Waals surface area contributed by atoms with E-state index in [1.807, 2.05) is 25.1 Å². The lowest BCUT2D eigenvalue weighted by Gasteiger charge is -2.30. The number of aryl methyl sites for hydroxylation is 1. The number of hydrogen-bond donors (Lipinski definition) is 4. The van der Waals surface area contributed by atoms with Crippen molar-refractivity contribution in [2.45, 2.75) is 31.3 Å². The van der Waals surface area contributed by atoms with E-state index in [-0.39, 0.29) is 30.6 Å². The van der Waals surface area contributed by atoms with Crippen LogP contribution >= 0.6 is 0 Å². The highest BCUT2D eigenvalue weighted by atomic mass is 16.7. The predicted molar refractivity (Wildman–Crippen MR) is 139 cm³/mol. The first-order valence-corrected chi connectivity index (χ1v) is 12.8. The second-order valence-electron chi connectivity index (χ2n) is 10.3. The zero-order valence-electron chi connectivity index (χ0n) is 20.9. The van der Waals surface area contributed by atoms with Gasteiger partial charge in [0.1, 0.15) is 5.54 Å². The number of phenolic OH excluding ortho intramolecular Hbond substituents is 2. The molecule has 0 saturated carbocycles. The fraction of sp³-hybridized carbons (Fsp3) is 0.276. The van der Waals surface area contributed by atoms with Crippen molar-refractivity contribution in [3.63, 3.8) is 0 Å². The molecule has 0 aliphatic carbocycles. The van der Waals surface area contributed by atoms with Crippen LogP contribution in [0.4, 0.5) is 11.4 Å². The normalized spacial score (nSPS) is 26.3. The van der Waals surface area contributed by atoms with Crippen LogP contribution in [0.25, 0.3) is 0 Å². The van der Waals surface area contributed by atoms with Gasteiger partial charge in [0, 0.05) is 23.4 Å². The van der Waals surface area contributed by atoms with Gasteiger partial charge in [-0.2, -0.15) is 0 Å². The highest BCUT2D eigenvalue weighted by Crippen LogP contribution is 2.54. The van der Waals surface area contributed by atoms with Crippen LogP contribution in [0.1, 0.15) is 23.6 Å². The maximum absolute atomic E-state index is 14.2. The number of imide groups is 1. The van der Waals surface area contributed by atoms with E-state index in [4.69, 9.17) is 9.47 Å². The summed E-state index contributed by atoms with van der Waals surface area (Å²) in [5, 5.41) is 26.2. The van der Waals surface area contributed by atoms with E-state index in [1.165, 1.54) is 12.1 Å². The van der Waals surface area contributed by atoms with Gasteiger partial charge in [0.25, 0.3) is 0 Å². The summed E-state index contributed by atoms with van der Waals surface area (Å²) < 4.78 is 10.9. The fourth-order valence-corrected chi connectivity index (χ4v) is 6.47. The number of fused-ring (bicyclic) bond motifs is 5. The first kappa shape index (κ1) is 23.5. The topological polar surface area (TPSA) is 137 Å². The molecule has 4 heterocycles. The molecule has 2 saturated heterocycles. The van der Waals surface area contributed by atoms with Gasteiger partial charge in [-0.15, -0.1) is 0 Å². The van der Waals surface area contributed by atoms with Crippen molar-refractivity contribution in [3.8, 4) is 23.0 Å². The summed E-state index contributed by atoms with van der Waals surface area (Å²) in [5.74, 6) is -2.73. The molecule has 4 atom stereocenters. The Morgan fingerprint density at radius 3 is 2.51 bits per heavy atom. The van der Waals surface area contributed by atoms with Gasteiger partial charge < -0.3 is 25.0 Å². The second kappa shape index (κ2) is 8.21. The summed E-state index contributed by atoms with van der Waals surface area (Å²) in [6.07, 6.45) is 0.971. The van der Waals surface area contributed by atoms with Gasteiger partial charge in [-0.25, -0.2) is 4.90 Å². The SMILES string of the molecule is CCc1ccc2c(c1)[C@@]1(N[C@H](Cc3ccc(O)c(O)c3)[C@H]3C(=O)N(c4ccc5c(c4)OCO5)C(=O)[C@H]31)C(=O)N2. The Hall–Kier alpha value is -4.57. The molecule has 4 aliphatic heterocycles. The Kier molecular flexibility index (Phi) is 4.96. The average Bonchev–Trinajstić information content (AvgIpc) is 3.65. The van der Waals surface area contributed by atoms with Crippen LogP contribution < -0.4 is 25.0 Å². The van der Waals surface area contributed by atoms with E-state index >= 15 is 0 Å². The molecule has 4 N–H and O–H groups in total. The third-order valence-corrected chi connectivity index (χ3v) is 8.30. The lowest BCUT2D eigenvalue weighted by Crippen LogP contribution is -2.53. The van der Waals surface area contributed by atoms with E-state index in [0.29, 0.717) is 34.0 Å². The molecular weight excluding hydrogens is 502 g/mol. The maximum atomic E-state index is 14.2. The Morgan fingerprint density at radius 1 is 0.923 bits per heavy atom. The molecule has 3 amide bonds. The summed E-state index contributed by atoms with van der Waals surface area (Å²) >= 11 is 0. The molecule has 198 valence electrons. The van der Waals surface area contributed by atoms with E-state index in [9.17, 15) is 24.6 Å². The number of carbonyl (C=O) groups excluding carboxylic acids is 3. The molecule has 0 radical (unpaired) electrons. The maximum Gasteiger partial charge on any atom is 0.250 e. The molecule has 0 bridgehead atoms. The lowest BCUT2D eigenvalue weighted by atomic mass is 9.76. The smallest absolute Gasteiger partial charge is 0.250 e. The molecule has 2 fully saturated rings. The number of phenols is 2. The number of rotatable bonds is 4. The summed E-state index contributed by atoms with van der Waals surface area (Å²) in [6.45, 7) is 2.06. The molecule has 10 heteroatoms. The number of hydrogen-bond acceptors (Lipinski definition) is 8. The van der Waals surface area contributed by atoms with Crippen molar-refractivity contribution in [2.24, 2.45) is 11.8 Å². The Balaban J connectivity index is 1.36. The van der Waals surface area contributed by atoms with Gasteiger partial charge in [0.15, 0.2) is 23.0 Å². The van der Waals surface area contributed by atoms with E-state index < -0.39 is 35.2 Å². The van der Waals surface area contributed by atoms with Gasteiger partial charge in [0.05, 0.1) is 17.5 Å². The number of carbonyl (C=O) groups is 3. The van der Waals surface area contributed by atoms with Gasteiger partial charge in [-0.3, -0.25) is 19.7 Å². The van der Waals surface area contributed by atoms with E-state index in [1.54, 1.807) is 24.3 Å². The third-order valence-electron chi connectivity index (χ3n) is 8.30. The van der Waals surface area contributed by atoms with Crippen molar-refractivity contribution >= 4 is 29.1 Å². The van der Waals surface area contributed by atoms with Crippen molar-refractivity contribution < 1.29 is 34.1 Å². The molecule has 0 aromatic heterocycles. The number of nitrogens with one attached hydrogen (secondary N) is 2. The predicted octanol–water partition coefficient (Wildman–Crippen LogP) is 2.56. The lowest BCUT2D eigenvalue weighted by molar-refractivity contribution is -0.130. The zero-order valence-corrected chi connectivity index (χ0v) is 20.9. The number of benzene rings is 3. The second-order valence-corrected chi connectivity index (χ2v) is 10.3. The van der Waals surface area contributed by atoms with Gasteiger partial charge in [-0.1, -0.05) is 25.1 Å².